The first-order chi connectivity index (χ1) is 6.66. The third kappa shape index (κ3) is 2.19. The molecule has 0 aliphatic heterocycles. The van der Waals surface area contributed by atoms with Crippen molar-refractivity contribution in [2.45, 2.75) is 6.92 Å². The van der Waals surface area contributed by atoms with Crippen molar-refractivity contribution in [3.63, 3.8) is 0 Å². The van der Waals surface area contributed by atoms with E-state index in [9.17, 15) is 9.18 Å². The Hall–Kier alpha value is -1.64. The predicted octanol–water partition coefficient (Wildman–Crippen LogP) is 2.40. The van der Waals surface area contributed by atoms with Crippen molar-refractivity contribution in [2.24, 2.45) is 0 Å². The van der Waals surface area contributed by atoms with Crippen molar-refractivity contribution >= 4 is 11.5 Å². The zero-order chi connectivity index (χ0) is 10.6. The molecule has 0 saturated carbocycles. The maximum absolute atomic E-state index is 13.2. The molecule has 0 unspecified atom stereocenters. The van der Waals surface area contributed by atoms with Crippen LogP contribution in [-0.4, -0.2) is 12.6 Å². The van der Waals surface area contributed by atoms with Crippen molar-refractivity contribution in [3.05, 3.63) is 42.2 Å². The Morgan fingerprint density at radius 3 is 2.71 bits per heavy atom. The molecule has 14 heavy (non-hydrogen) atoms. The first-order valence-corrected chi connectivity index (χ1v) is 4.27. The maximum atomic E-state index is 13.2. The van der Waals surface area contributed by atoms with Gasteiger partial charge in [-0.1, -0.05) is 24.8 Å². The second-order valence-electron chi connectivity index (χ2n) is 2.68. The van der Waals surface area contributed by atoms with Gasteiger partial charge in [0.15, 0.2) is 0 Å². The Morgan fingerprint density at radius 1 is 1.50 bits per heavy atom. The fourth-order valence-corrected chi connectivity index (χ4v) is 1.03. The third-order valence-corrected chi connectivity index (χ3v) is 1.72. The molecule has 0 atom stereocenters. The number of hydrogen-bond acceptors (Lipinski definition) is 2. The first-order valence-electron chi connectivity index (χ1n) is 4.27. The summed E-state index contributed by atoms with van der Waals surface area (Å²) in [5.41, 5.74) is 0.232. The van der Waals surface area contributed by atoms with Crippen molar-refractivity contribution < 1.29 is 13.9 Å². The molecule has 0 heterocycles. The number of hydrogen-bond donors (Lipinski definition) is 0. The summed E-state index contributed by atoms with van der Waals surface area (Å²) in [6, 6.07) is 5.97. The molecule has 0 aromatic heterocycles. The minimum absolute atomic E-state index is 0.0463. The van der Waals surface area contributed by atoms with Gasteiger partial charge in [0.05, 0.1) is 12.2 Å². The highest BCUT2D eigenvalue weighted by Gasteiger charge is 2.13. The second kappa shape index (κ2) is 4.56. The molecular formula is C11H11FO2. The quantitative estimate of drug-likeness (QED) is 0.545. The van der Waals surface area contributed by atoms with Gasteiger partial charge in [0.2, 0.25) is 0 Å². The van der Waals surface area contributed by atoms with E-state index in [4.69, 9.17) is 4.74 Å². The lowest BCUT2D eigenvalue weighted by Crippen LogP contribution is -2.06. The maximum Gasteiger partial charge on any atom is 0.338 e. The molecule has 1 rings (SSSR count). The summed E-state index contributed by atoms with van der Waals surface area (Å²) in [6.07, 6.45) is 0. The van der Waals surface area contributed by atoms with Crippen molar-refractivity contribution in [1.82, 2.24) is 0 Å². The van der Waals surface area contributed by atoms with Crippen LogP contribution in [0.4, 0.5) is 4.39 Å². The highest BCUT2D eigenvalue weighted by atomic mass is 19.1. The molecule has 3 heteroatoms. The Bertz CT molecular complexity index is 358. The SMILES string of the molecule is C=C(C(=O)OCC)c1ccccc1F. The molecule has 1 aromatic rings. The van der Waals surface area contributed by atoms with Crippen LogP contribution >= 0.6 is 0 Å². The number of carbonyl (C=O) groups is 1. The molecule has 74 valence electrons. The molecule has 0 saturated heterocycles. The van der Waals surface area contributed by atoms with E-state index >= 15 is 0 Å². The zero-order valence-electron chi connectivity index (χ0n) is 7.92. The van der Waals surface area contributed by atoms with E-state index in [0.29, 0.717) is 0 Å². The van der Waals surface area contributed by atoms with Crippen LogP contribution in [0.2, 0.25) is 0 Å². The minimum atomic E-state index is -0.586. The van der Waals surface area contributed by atoms with Crippen LogP contribution in [0.5, 0.6) is 0 Å². The van der Waals surface area contributed by atoms with Gasteiger partial charge in [0.25, 0.3) is 0 Å². The summed E-state index contributed by atoms with van der Waals surface area (Å²) in [4.78, 5) is 11.2. The Balaban J connectivity index is 2.90. The molecule has 0 amide bonds. The minimum Gasteiger partial charge on any atom is -0.462 e. The van der Waals surface area contributed by atoms with E-state index in [1.54, 1.807) is 19.1 Å². The monoisotopic (exact) mass is 194 g/mol. The largest absolute Gasteiger partial charge is 0.462 e. The van der Waals surface area contributed by atoms with Gasteiger partial charge in [-0.2, -0.15) is 0 Å². The molecule has 0 aliphatic rings. The Kier molecular flexibility index (Phi) is 3.40. The lowest BCUT2D eigenvalue weighted by molar-refractivity contribution is -0.136. The van der Waals surface area contributed by atoms with Gasteiger partial charge >= 0.3 is 5.97 Å². The third-order valence-electron chi connectivity index (χ3n) is 1.72. The predicted molar refractivity (Wildman–Crippen MR) is 52.1 cm³/mol. The molecule has 2 nitrogen and oxygen atoms in total. The number of ether oxygens (including phenoxy) is 1. The van der Waals surface area contributed by atoms with E-state index < -0.39 is 11.8 Å². The van der Waals surface area contributed by atoms with Crippen LogP contribution in [0.15, 0.2) is 30.8 Å². The molecular weight excluding hydrogens is 183 g/mol. The second-order valence-corrected chi connectivity index (χ2v) is 2.68. The summed E-state index contributed by atoms with van der Waals surface area (Å²) < 4.78 is 17.9. The van der Waals surface area contributed by atoms with Gasteiger partial charge in [0, 0.05) is 5.56 Å². The number of halogens is 1. The lowest BCUT2D eigenvalue weighted by atomic mass is 10.1. The normalized spacial score (nSPS) is 9.57. The van der Waals surface area contributed by atoms with Gasteiger partial charge in [-0.3, -0.25) is 0 Å². The average molecular weight is 194 g/mol. The first kappa shape index (κ1) is 10.4. The molecule has 1 aromatic carbocycles. The van der Waals surface area contributed by atoms with Crippen LogP contribution < -0.4 is 0 Å². The van der Waals surface area contributed by atoms with Gasteiger partial charge in [-0.25, -0.2) is 9.18 Å². The van der Waals surface area contributed by atoms with E-state index in [1.165, 1.54) is 12.1 Å². The van der Waals surface area contributed by atoms with Crippen LogP contribution in [0.1, 0.15) is 12.5 Å². The molecule has 0 spiro atoms. The van der Waals surface area contributed by atoms with Crippen LogP contribution in [0.3, 0.4) is 0 Å². The summed E-state index contributed by atoms with van der Waals surface area (Å²) in [5, 5.41) is 0. The standard InChI is InChI=1S/C11H11FO2/c1-3-14-11(13)8(2)9-6-4-5-7-10(9)12/h4-7H,2-3H2,1H3. The number of carbonyl (C=O) groups excluding carboxylic acids is 1. The average Bonchev–Trinajstić information content (AvgIpc) is 2.18. The summed E-state index contributed by atoms with van der Waals surface area (Å²) in [6.45, 7) is 5.43. The van der Waals surface area contributed by atoms with Gasteiger partial charge in [-0.15, -0.1) is 0 Å². The molecule has 0 radical (unpaired) electrons. The Labute approximate surface area is 82.0 Å². The summed E-state index contributed by atoms with van der Waals surface area (Å²) in [7, 11) is 0. The van der Waals surface area contributed by atoms with E-state index in [2.05, 4.69) is 6.58 Å². The molecule has 0 fully saturated rings. The highest BCUT2D eigenvalue weighted by Crippen LogP contribution is 2.17. The van der Waals surface area contributed by atoms with Crippen molar-refractivity contribution in [3.8, 4) is 0 Å². The molecule has 0 aliphatic carbocycles. The summed E-state index contributed by atoms with van der Waals surface area (Å²) >= 11 is 0. The molecule has 0 N–H and O–H groups in total. The Morgan fingerprint density at radius 2 is 2.14 bits per heavy atom. The van der Waals surface area contributed by atoms with Gasteiger partial charge < -0.3 is 4.74 Å². The fraction of sp³-hybridized carbons (Fsp3) is 0.182. The van der Waals surface area contributed by atoms with Crippen LogP contribution in [0, 0.1) is 5.82 Å². The van der Waals surface area contributed by atoms with Gasteiger partial charge in [-0.05, 0) is 13.0 Å². The smallest absolute Gasteiger partial charge is 0.338 e. The zero-order valence-corrected chi connectivity index (χ0v) is 7.92. The van der Waals surface area contributed by atoms with Crippen molar-refractivity contribution in [2.75, 3.05) is 6.61 Å². The van der Waals surface area contributed by atoms with Crippen molar-refractivity contribution in [1.29, 1.82) is 0 Å². The van der Waals surface area contributed by atoms with Gasteiger partial charge in [0.1, 0.15) is 5.82 Å². The van der Waals surface area contributed by atoms with E-state index in [0.717, 1.165) is 0 Å². The molecule has 0 bridgehead atoms. The number of esters is 1. The fourth-order valence-electron chi connectivity index (χ4n) is 1.03. The van der Waals surface area contributed by atoms with Crippen LogP contribution in [-0.2, 0) is 9.53 Å². The number of rotatable bonds is 3. The highest BCUT2D eigenvalue weighted by molar-refractivity contribution is 6.15. The summed E-state index contributed by atoms with van der Waals surface area (Å²) in [5.74, 6) is -1.05. The topological polar surface area (TPSA) is 26.3 Å². The number of benzene rings is 1. The van der Waals surface area contributed by atoms with E-state index in [-0.39, 0.29) is 17.7 Å². The van der Waals surface area contributed by atoms with Crippen LogP contribution in [0.25, 0.3) is 5.57 Å². The van der Waals surface area contributed by atoms with E-state index in [1.807, 2.05) is 0 Å². The lowest BCUT2D eigenvalue weighted by Gasteiger charge is -2.05.